The van der Waals surface area contributed by atoms with Crippen LogP contribution in [0.3, 0.4) is 0 Å². The lowest BCUT2D eigenvalue weighted by atomic mass is 10.1. The Kier molecular flexibility index (Phi) is 4.87. The molecule has 20 heavy (non-hydrogen) atoms. The van der Waals surface area contributed by atoms with Crippen LogP contribution in [0.1, 0.15) is 11.1 Å². The molecule has 1 amide bonds. The van der Waals surface area contributed by atoms with Gasteiger partial charge in [0.25, 0.3) is 0 Å². The van der Waals surface area contributed by atoms with E-state index in [0.717, 1.165) is 10.0 Å². The monoisotopic (exact) mass is 348 g/mol. The number of rotatable bonds is 4. The minimum atomic E-state index is -0.101. The van der Waals surface area contributed by atoms with Gasteiger partial charge in [-0.2, -0.15) is 0 Å². The Balaban J connectivity index is 2.08. The molecule has 0 aliphatic heterocycles. The Morgan fingerprint density at radius 2 is 1.80 bits per heavy atom. The van der Waals surface area contributed by atoms with Crippen LogP contribution in [0.25, 0.3) is 0 Å². The Hall–Kier alpha value is -1.72. The van der Waals surface area contributed by atoms with Crippen LogP contribution in [0, 0.1) is 0 Å². The normalized spacial score (nSPS) is 10.1. The maximum Gasteiger partial charge on any atom is 0.228 e. The molecule has 0 radical (unpaired) electrons. The number of nitrogens with one attached hydrogen (secondary N) is 1. The molecule has 0 heterocycles. The van der Waals surface area contributed by atoms with Crippen LogP contribution in [0.4, 0.5) is 5.69 Å². The summed E-state index contributed by atoms with van der Waals surface area (Å²) in [6.07, 6.45) is 0.305. The lowest BCUT2D eigenvalue weighted by molar-refractivity contribution is -0.115. The summed E-state index contributed by atoms with van der Waals surface area (Å²) in [6, 6.07) is 14.9. The quantitative estimate of drug-likeness (QED) is 0.833. The molecule has 0 aromatic heterocycles. The Bertz CT molecular complexity index is 641. The van der Waals surface area contributed by atoms with Gasteiger partial charge in [-0.3, -0.25) is 4.79 Å². The van der Waals surface area contributed by atoms with Gasteiger partial charge < -0.3 is 11.1 Å². The molecular formula is C15H13BrN2OS. The third-order valence-corrected chi connectivity index (χ3v) is 3.49. The Morgan fingerprint density at radius 1 is 1.15 bits per heavy atom. The van der Waals surface area contributed by atoms with Crippen LogP contribution in [-0.2, 0) is 11.2 Å². The van der Waals surface area contributed by atoms with E-state index < -0.39 is 0 Å². The third kappa shape index (κ3) is 3.88. The van der Waals surface area contributed by atoms with Gasteiger partial charge in [-0.25, -0.2) is 0 Å². The predicted octanol–water partition coefficient (Wildman–Crippen LogP) is 3.26. The summed E-state index contributed by atoms with van der Waals surface area (Å²) in [5.74, 6) is -0.101. The minimum absolute atomic E-state index is 0.101. The van der Waals surface area contributed by atoms with Crippen molar-refractivity contribution in [2.45, 2.75) is 6.42 Å². The van der Waals surface area contributed by atoms with Crippen molar-refractivity contribution < 1.29 is 4.79 Å². The number of hydrogen-bond acceptors (Lipinski definition) is 2. The lowest BCUT2D eigenvalue weighted by Gasteiger charge is -2.10. The van der Waals surface area contributed by atoms with Crippen molar-refractivity contribution in [1.29, 1.82) is 0 Å². The standard InChI is InChI=1S/C15H13BrN2OS/c16-11-7-5-10(6-8-11)9-14(19)18-13-4-2-1-3-12(13)15(17)20/h1-8H,9H2,(H2,17,20)(H,18,19). The lowest BCUT2D eigenvalue weighted by Crippen LogP contribution is -2.18. The summed E-state index contributed by atoms with van der Waals surface area (Å²) >= 11 is 8.33. The molecule has 0 saturated carbocycles. The van der Waals surface area contributed by atoms with Gasteiger partial charge in [-0.05, 0) is 29.8 Å². The van der Waals surface area contributed by atoms with Crippen molar-refractivity contribution in [2.75, 3.05) is 5.32 Å². The number of carbonyl (C=O) groups excluding carboxylic acids is 1. The van der Waals surface area contributed by atoms with Crippen molar-refractivity contribution in [3.8, 4) is 0 Å². The molecule has 0 fully saturated rings. The smallest absolute Gasteiger partial charge is 0.228 e. The second-order valence-electron chi connectivity index (χ2n) is 4.26. The number of carbonyl (C=O) groups is 1. The number of anilines is 1. The minimum Gasteiger partial charge on any atom is -0.389 e. The molecule has 5 heteroatoms. The van der Waals surface area contributed by atoms with Crippen LogP contribution >= 0.6 is 28.1 Å². The van der Waals surface area contributed by atoms with Gasteiger partial charge in [-0.15, -0.1) is 0 Å². The fourth-order valence-corrected chi connectivity index (χ4v) is 2.23. The van der Waals surface area contributed by atoms with Crippen molar-refractivity contribution in [1.82, 2.24) is 0 Å². The summed E-state index contributed by atoms with van der Waals surface area (Å²) in [5, 5.41) is 2.84. The molecule has 0 saturated heterocycles. The molecular weight excluding hydrogens is 336 g/mol. The fourth-order valence-electron chi connectivity index (χ4n) is 1.79. The number of thiocarbonyl (C=S) groups is 1. The van der Waals surface area contributed by atoms with E-state index in [-0.39, 0.29) is 10.9 Å². The largest absolute Gasteiger partial charge is 0.389 e. The first-order valence-corrected chi connectivity index (χ1v) is 7.19. The first kappa shape index (κ1) is 14.7. The summed E-state index contributed by atoms with van der Waals surface area (Å²) < 4.78 is 0.987. The highest BCUT2D eigenvalue weighted by Gasteiger charge is 2.08. The molecule has 3 N–H and O–H groups in total. The molecule has 0 aliphatic carbocycles. The van der Waals surface area contributed by atoms with Crippen molar-refractivity contribution >= 4 is 44.7 Å². The molecule has 2 rings (SSSR count). The molecule has 0 aliphatic rings. The van der Waals surface area contributed by atoms with E-state index in [9.17, 15) is 4.79 Å². The number of hydrogen-bond donors (Lipinski definition) is 2. The van der Waals surface area contributed by atoms with E-state index in [1.54, 1.807) is 12.1 Å². The number of nitrogens with two attached hydrogens (primary N) is 1. The van der Waals surface area contributed by atoms with Gasteiger partial charge in [0.05, 0.1) is 12.1 Å². The topological polar surface area (TPSA) is 55.1 Å². The van der Waals surface area contributed by atoms with Crippen LogP contribution in [-0.4, -0.2) is 10.9 Å². The van der Waals surface area contributed by atoms with E-state index in [1.165, 1.54) is 0 Å². The van der Waals surface area contributed by atoms with Gasteiger partial charge in [0.2, 0.25) is 5.91 Å². The van der Waals surface area contributed by atoms with Gasteiger partial charge in [0.1, 0.15) is 4.99 Å². The van der Waals surface area contributed by atoms with E-state index in [4.69, 9.17) is 18.0 Å². The van der Waals surface area contributed by atoms with Crippen LogP contribution in [0.15, 0.2) is 53.0 Å². The fraction of sp³-hybridized carbons (Fsp3) is 0.0667. The van der Waals surface area contributed by atoms with E-state index in [2.05, 4.69) is 21.2 Å². The number of halogens is 1. The molecule has 2 aromatic rings. The zero-order chi connectivity index (χ0) is 14.5. The van der Waals surface area contributed by atoms with Gasteiger partial charge in [0.15, 0.2) is 0 Å². The maximum absolute atomic E-state index is 12.0. The summed E-state index contributed by atoms with van der Waals surface area (Å²) in [7, 11) is 0. The second-order valence-corrected chi connectivity index (χ2v) is 5.62. The van der Waals surface area contributed by atoms with E-state index in [1.807, 2.05) is 36.4 Å². The highest BCUT2D eigenvalue weighted by Crippen LogP contribution is 2.16. The second kappa shape index (κ2) is 6.63. The number of para-hydroxylation sites is 1. The third-order valence-electron chi connectivity index (χ3n) is 2.74. The SMILES string of the molecule is NC(=S)c1ccccc1NC(=O)Cc1ccc(Br)cc1. The van der Waals surface area contributed by atoms with Gasteiger partial charge >= 0.3 is 0 Å². The summed E-state index contributed by atoms with van der Waals surface area (Å²) in [4.78, 5) is 12.3. The number of benzene rings is 2. The molecule has 0 spiro atoms. The molecule has 0 unspecified atom stereocenters. The van der Waals surface area contributed by atoms with E-state index in [0.29, 0.717) is 17.7 Å². The summed E-state index contributed by atoms with van der Waals surface area (Å²) in [5.41, 5.74) is 7.89. The van der Waals surface area contributed by atoms with Crippen LogP contribution in [0.5, 0.6) is 0 Å². The first-order chi connectivity index (χ1) is 9.56. The van der Waals surface area contributed by atoms with Crippen molar-refractivity contribution in [3.05, 3.63) is 64.1 Å². The zero-order valence-corrected chi connectivity index (χ0v) is 13.0. The molecule has 102 valence electrons. The zero-order valence-electron chi connectivity index (χ0n) is 10.6. The predicted molar refractivity (Wildman–Crippen MR) is 88.8 cm³/mol. The first-order valence-electron chi connectivity index (χ1n) is 5.99. The van der Waals surface area contributed by atoms with Crippen molar-refractivity contribution in [2.24, 2.45) is 5.73 Å². The highest BCUT2D eigenvalue weighted by molar-refractivity contribution is 9.10. The van der Waals surface area contributed by atoms with Crippen molar-refractivity contribution in [3.63, 3.8) is 0 Å². The summed E-state index contributed by atoms with van der Waals surface area (Å²) in [6.45, 7) is 0. The molecule has 0 atom stereocenters. The maximum atomic E-state index is 12.0. The highest BCUT2D eigenvalue weighted by atomic mass is 79.9. The number of amides is 1. The molecule has 2 aromatic carbocycles. The van der Waals surface area contributed by atoms with Gasteiger partial charge in [0, 0.05) is 10.0 Å². The molecule has 3 nitrogen and oxygen atoms in total. The van der Waals surface area contributed by atoms with E-state index >= 15 is 0 Å². The average molecular weight is 349 g/mol. The average Bonchev–Trinajstić information content (AvgIpc) is 2.41. The van der Waals surface area contributed by atoms with Crippen LogP contribution in [0.2, 0.25) is 0 Å². The Labute approximate surface area is 131 Å². The molecule has 0 bridgehead atoms. The Morgan fingerprint density at radius 3 is 2.45 bits per heavy atom. The van der Waals surface area contributed by atoms with Crippen LogP contribution < -0.4 is 11.1 Å². The van der Waals surface area contributed by atoms with Gasteiger partial charge in [-0.1, -0.05) is 52.4 Å².